The molecule has 0 spiro atoms. The highest BCUT2D eigenvalue weighted by atomic mass is 16.2. The molecule has 3 amide bonds. The Bertz CT molecular complexity index is 1180. The Kier molecular flexibility index (Phi) is 7.29. The van der Waals surface area contributed by atoms with Crippen LogP contribution in [-0.4, -0.2) is 73.6 Å². The Morgan fingerprint density at radius 1 is 0.943 bits per heavy atom. The van der Waals surface area contributed by atoms with Crippen LogP contribution in [-0.2, 0) is 11.2 Å². The lowest BCUT2D eigenvalue weighted by atomic mass is 10.0. The number of nitrogens with zero attached hydrogens (tertiary/aromatic N) is 4. The second-order valence-electron chi connectivity index (χ2n) is 9.11. The molecule has 8 heteroatoms. The van der Waals surface area contributed by atoms with E-state index in [1.807, 2.05) is 55.4 Å². The summed E-state index contributed by atoms with van der Waals surface area (Å²) in [6.45, 7) is 3.78. The molecule has 0 atom stereocenters. The Labute approximate surface area is 205 Å². The van der Waals surface area contributed by atoms with Crippen molar-refractivity contribution in [3.05, 3.63) is 77.0 Å². The molecule has 1 fully saturated rings. The van der Waals surface area contributed by atoms with Crippen molar-refractivity contribution in [3.63, 3.8) is 0 Å². The van der Waals surface area contributed by atoms with Crippen LogP contribution in [0.15, 0.2) is 65.3 Å². The molecule has 182 valence electrons. The maximum Gasteiger partial charge on any atom is 0.256 e. The van der Waals surface area contributed by atoms with Crippen molar-refractivity contribution in [2.24, 2.45) is 4.99 Å². The molecule has 4 rings (SSSR count). The van der Waals surface area contributed by atoms with E-state index in [1.54, 1.807) is 35.1 Å². The molecule has 35 heavy (non-hydrogen) atoms. The largest absolute Gasteiger partial charge is 0.378 e. The van der Waals surface area contributed by atoms with Crippen LogP contribution in [0.1, 0.15) is 39.6 Å². The van der Waals surface area contributed by atoms with E-state index in [4.69, 9.17) is 0 Å². The standard InChI is InChI=1S/C27H31N5O3/c1-19(33)31-11-13-32(14-12-31)27(35)23-6-4-5-20(16-23)15-21-17-25(28-18-21)29-26(34)22-7-9-24(10-8-22)30(2)3/h4-10,16,18H,11-15,17H2,1-3H3,(H,28,29,34). The van der Waals surface area contributed by atoms with Crippen molar-refractivity contribution in [1.29, 1.82) is 0 Å². The van der Waals surface area contributed by atoms with Crippen molar-refractivity contribution < 1.29 is 14.4 Å². The molecule has 1 saturated heterocycles. The Morgan fingerprint density at radius 3 is 2.29 bits per heavy atom. The van der Waals surface area contributed by atoms with E-state index in [0.717, 1.165) is 16.8 Å². The first kappa shape index (κ1) is 24.2. The fraction of sp³-hybridized carbons (Fsp3) is 0.333. The van der Waals surface area contributed by atoms with Gasteiger partial charge in [-0.2, -0.15) is 0 Å². The molecular weight excluding hydrogens is 442 g/mol. The zero-order chi connectivity index (χ0) is 24.9. The van der Waals surface area contributed by atoms with Crippen LogP contribution in [0.5, 0.6) is 0 Å². The molecule has 2 aliphatic heterocycles. The van der Waals surface area contributed by atoms with Gasteiger partial charge in [-0.3, -0.25) is 14.4 Å². The van der Waals surface area contributed by atoms with Gasteiger partial charge in [0.1, 0.15) is 5.84 Å². The summed E-state index contributed by atoms with van der Waals surface area (Å²) in [7, 11) is 3.91. The highest BCUT2D eigenvalue weighted by Crippen LogP contribution is 2.19. The molecule has 2 heterocycles. The number of rotatable bonds is 5. The van der Waals surface area contributed by atoms with Crippen LogP contribution in [0, 0.1) is 0 Å². The summed E-state index contributed by atoms with van der Waals surface area (Å²) in [5, 5.41) is 2.90. The molecule has 0 unspecified atom stereocenters. The van der Waals surface area contributed by atoms with Crippen LogP contribution in [0.3, 0.4) is 0 Å². The third-order valence-electron chi connectivity index (χ3n) is 6.32. The predicted octanol–water partition coefficient (Wildman–Crippen LogP) is 2.72. The van der Waals surface area contributed by atoms with Gasteiger partial charge in [-0.15, -0.1) is 0 Å². The van der Waals surface area contributed by atoms with Crippen LogP contribution in [0.2, 0.25) is 0 Å². The molecule has 0 aliphatic carbocycles. The molecule has 2 aliphatic rings. The second kappa shape index (κ2) is 10.5. The molecule has 2 aromatic carbocycles. The molecule has 1 N–H and O–H groups in total. The minimum atomic E-state index is -0.179. The van der Waals surface area contributed by atoms with E-state index >= 15 is 0 Å². The van der Waals surface area contributed by atoms with Gasteiger partial charge < -0.3 is 20.0 Å². The monoisotopic (exact) mass is 473 g/mol. The van der Waals surface area contributed by atoms with Gasteiger partial charge in [-0.05, 0) is 54.0 Å². The van der Waals surface area contributed by atoms with Crippen LogP contribution in [0.4, 0.5) is 5.69 Å². The smallest absolute Gasteiger partial charge is 0.256 e. The lowest BCUT2D eigenvalue weighted by Gasteiger charge is -2.34. The van der Waals surface area contributed by atoms with Gasteiger partial charge >= 0.3 is 0 Å². The molecule has 8 nitrogen and oxygen atoms in total. The van der Waals surface area contributed by atoms with E-state index in [0.29, 0.717) is 56.0 Å². The maximum atomic E-state index is 13.0. The minimum absolute atomic E-state index is 0.0139. The number of nitrogens with one attached hydrogen (secondary N) is 1. The topological polar surface area (TPSA) is 85.3 Å². The number of amides is 3. The predicted molar refractivity (Wildman–Crippen MR) is 137 cm³/mol. The van der Waals surface area contributed by atoms with Crippen LogP contribution >= 0.6 is 0 Å². The summed E-state index contributed by atoms with van der Waals surface area (Å²) >= 11 is 0. The number of aliphatic imine (C=N–C) groups is 1. The third-order valence-corrected chi connectivity index (χ3v) is 6.32. The van der Waals surface area contributed by atoms with Crippen molar-refractivity contribution in [2.75, 3.05) is 45.2 Å². The minimum Gasteiger partial charge on any atom is -0.378 e. The average Bonchev–Trinajstić information content (AvgIpc) is 3.30. The maximum absolute atomic E-state index is 13.0. The van der Waals surface area contributed by atoms with E-state index < -0.39 is 0 Å². The number of anilines is 1. The number of hydrogen-bond donors (Lipinski definition) is 1. The van der Waals surface area contributed by atoms with Gasteiger partial charge in [0.25, 0.3) is 11.8 Å². The number of carbonyl (C=O) groups is 3. The second-order valence-corrected chi connectivity index (χ2v) is 9.11. The summed E-state index contributed by atoms with van der Waals surface area (Å²) in [6.07, 6.45) is 3.01. The Morgan fingerprint density at radius 2 is 1.63 bits per heavy atom. The third kappa shape index (κ3) is 5.95. The quantitative estimate of drug-likeness (QED) is 0.724. The van der Waals surface area contributed by atoms with Gasteiger partial charge in [-0.25, -0.2) is 4.99 Å². The van der Waals surface area contributed by atoms with E-state index in [1.165, 1.54) is 0 Å². The van der Waals surface area contributed by atoms with Crippen molar-refractivity contribution in [3.8, 4) is 0 Å². The Hall–Kier alpha value is -3.94. The summed E-state index contributed by atoms with van der Waals surface area (Å²) < 4.78 is 0. The number of benzene rings is 2. The number of hydrogen-bond acceptors (Lipinski definition) is 5. The van der Waals surface area contributed by atoms with E-state index in [9.17, 15) is 14.4 Å². The first-order chi connectivity index (χ1) is 16.8. The van der Waals surface area contributed by atoms with E-state index in [2.05, 4.69) is 10.3 Å². The zero-order valence-corrected chi connectivity index (χ0v) is 20.5. The lowest BCUT2D eigenvalue weighted by Crippen LogP contribution is -2.50. The van der Waals surface area contributed by atoms with Crippen molar-refractivity contribution in [1.82, 2.24) is 15.1 Å². The summed E-state index contributed by atoms with van der Waals surface area (Å²) in [6, 6.07) is 15.1. The SMILES string of the molecule is CC(=O)N1CCN(C(=O)c2cccc(CC3=CN=C(NC(=O)c4ccc(N(C)C)cc4)C3)c2)CC1. The number of amidine groups is 1. The molecule has 0 bridgehead atoms. The lowest BCUT2D eigenvalue weighted by molar-refractivity contribution is -0.130. The summed E-state index contributed by atoms with van der Waals surface area (Å²) in [5.74, 6) is 0.474. The highest BCUT2D eigenvalue weighted by Gasteiger charge is 2.23. The summed E-state index contributed by atoms with van der Waals surface area (Å²) in [4.78, 5) is 47.0. The summed E-state index contributed by atoms with van der Waals surface area (Å²) in [5.41, 5.74) is 4.35. The van der Waals surface area contributed by atoms with Gasteiger partial charge in [0.05, 0.1) is 0 Å². The fourth-order valence-corrected chi connectivity index (χ4v) is 4.26. The molecule has 0 aromatic heterocycles. The van der Waals surface area contributed by atoms with Gasteiger partial charge in [0.2, 0.25) is 5.91 Å². The number of piperazine rings is 1. The number of carbonyl (C=O) groups excluding carboxylic acids is 3. The molecule has 0 radical (unpaired) electrons. The average molecular weight is 474 g/mol. The molecular formula is C27H31N5O3. The highest BCUT2D eigenvalue weighted by molar-refractivity contribution is 6.07. The van der Waals surface area contributed by atoms with Gasteiger partial charge in [0, 0.05) is 76.6 Å². The van der Waals surface area contributed by atoms with Crippen LogP contribution in [0.25, 0.3) is 0 Å². The molecule has 0 saturated carbocycles. The van der Waals surface area contributed by atoms with Gasteiger partial charge in [0.15, 0.2) is 0 Å². The zero-order valence-electron chi connectivity index (χ0n) is 20.5. The van der Waals surface area contributed by atoms with Crippen molar-refractivity contribution in [2.45, 2.75) is 19.8 Å². The van der Waals surface area contributed by atoms with Gasteiger partial charge in [-0.1, -0.05) is 12.1 Å². The van der Waals surface area contributed by atoms with Crippen molar-refractivity contribution >= 4 is 29.2 Å². The first-order valence-corrected chi connectivity index (χ1v) is 11.8. The Balaban J connectivity index is 1.30. The first-order valence-electron chi connectivity index (χ1n) is 11.8. The molecule has 2 aromatic rings. The normalized spacial score (nSPS) is 15.4. The fourth-order valence-electron chi connectivity index (χ4n) is 4.26. The van der Waals surface area contributed by atoms with E-state index in [-0.39, 0.29) is 17.7 Å². The van der Waals surface area contributed by atoms with Crippen LogP contribution < -0.4 is 10.2 Å².